The van der Waals surface area contributed by atoms with Gasteiger partial charge in [-0.3, -0.25) is 0 Å². The Morgan fingerprint density at radius 3 is 1.52 bits per heavy atom. The molecule has 4 rings (SSSR count). The zero-order valence-electron chi connectivity index (χ0n) is 12.6. The molecule has 21 heavy (non-hydrogen) atoms. The van der Waals surface area contributed by atoms with Gasteiger partial charge in [-0.05, 0) is 12.8 Å². The molecule has 0 aromatic heterocycles. The quantitative estimate of drug-likeness (QED) is 0.569. The molecule has 0 spiro atoms. The van der Waals surface area contributed by atoms with E-state index in [-0.39, 0.29) is 0 Å². The van der Waals surface area contributed by atoms with Crippen molar-refractivity contribution in [1.82, 2.24) is 0 Å². The number of likely N-dealkylation sites (tertiary alicyclic amines) is 1. The Labute approximate surface area is 127 Å². The van der Waals surface area contributed by atoms with Gasteiger partial charge < -0.3 is 4.48 Å². The van der Waals surface area contributed by atoms with Crippen LogP contribution >= 0.6 is 0 Å². The molecule has 1 aliphatic heterocycles. The Hall–Kier alpha value is -1.60. The normalized spacial score (nSPS) is 26.1. The standard InChI is InChI=1S/C20H24N/c1-3-9-17(10-4-1)15-21(16-18-11-5-2-6-12-18)19-13-7-8-14-20(19)21/h1-6,9-12,19-20H,7-8,13-16H2/q+1/t19-,20+. The first kappa shape index (κ1) is 13.1. The van der Waals surface area contributed by atoms with E-state index in [1.54, 1.807) is 0 Å². The van der Waals surface area contributed by atoms with E-state index in [0.29, 0.717) is 0 Å². The largest absolute Gasteiger partial charge is 0.301 e. The molecular formula is C20H24N+. The Balaban J connectivity index is 1.61. The zero-order chi connectivity index (χ0) is 14.1. The van der Waals surface area contributed by atoms with Crippen molar-refractivity contribution in [3.05, 3.63) is 71.8 Å². The van der Waals surface area contributed by atoms with E-state index in [4.69, 9.17) is 0 Å². The van der Waals surface area contributed by atoms with Crippen LogP contribution < -0.4 is 0 Å². The number of hydrogen-bond acceptors (Lipinski definition) is 0. The van der Waals surface area contributed by atoms with Crippen LogP contribution in [0.5, 0.6) is 0 Å². The maximum absolute atomic E-state index is 2.30. The molecule has 1 heterocycles. The third kappa shape index (κ3) is 2.40. The minimum absolute atomic E-state index is 0.916. The Morgan fingerprint density at radius 1 is 0.667 bits per heavy atom. The number of quaternary nitrogens is 1. The second kappa shape index (κ2) is 5.31. The summed E-state index contributed by atoms with van der Waals surface area (Å²) in [5.41, 5.74) is 3.01. The summed E-state index contributed by atoms with van der Waals surface area (Å²) >= 11 is 0. The molecule has 2 aromatic carbocycles. The van der Waals surface area contributed by atoms with Crippen molar-refractivity contribution in [1.29, 1.82) is 0 Å². The van der Waals surface area contributed by atoms with Crippen molar-refractivity contribution in [2.24, 2.45) is 0 Å². The third-order valence-electron chi connectivity index (χ3n) is 5.56. The van der Waals surface area contributed by atoms with Crippen molar-refractivity contribution >= 4 is 0 Å². The molecule has 2 aliphatic rings. The molecule has 0 bridgehead atoms. The predicted molar refractivity (Wildman–Crippen MR) is 86.6 cm³/mol. The van der Waals surface area contributed by atoms with E-state index in [1.165, 1.54) is 54.4 Å². The van der Waals surface area contributed by atoms with Crippen LogP contribution in [0.15, 0.2) is 60.7 Å². The van der Waals surface area contributed by atoms with Gasteiger partial charge in [-0.15, -0.1) is 0 Å². The SMILES string of the molecule is c1ccc(C[N+]2(Cc3ccccc3)[C@@H]3CCCC[C@@H]32)cc1. The molecule has 108 valence electrons. The van der Waals surface area contributed by atoms with Gasteiger partial charge in [0.25, 0.3) is 0 Å². The molecule has 0 radical (unpaired) electrons. The van der Waals surface area contributed by atoms with Gasteiger partial charge in [0.2, 0.25) is 0 Å². The summed E-state index contributed by atoms with van der Waals surface area (Å²) in [4.78, 5) is 0. The fourth-order valence-corrected chi connectivity index (χ4v) is 4.57. The van der Waals surface area contributed by atoms with Crippen LogP contribution in [0.25, 0.3) is 0 Å². The minimum atomic E-state index is 0.916. The molecule has 0 unspecified atom stereocenters. The first-order valence-electron chi connectivity index (χ1n) is 8.33. The number of nitrogens with zero attached hydrogens (tertiary/aromatic N) is 1. The highest BCUT2D eigenvalue weighted by Crippen LogP contribution is 2.51. The van der Waals surface area contributed by atoms with E-state index in [0.717, 1.165) is 12.1 Å². The van der Waals surface area contributed by atoms with Crippen LogP contribution in [-0.2, 0) is 13.1 Å². The lowest BCUT2D eigenvalue weighted by molar-refractivity contribution is -0.854. The van der Waals surface area contributed by atoms with Gasteiger partial charge in [0.1, 0.15) is 25.2 Å². The molecule has 1 saturated heterocycles. The van der Waals surface area contributed by atoms with Crippen LogP contribution in [0.2, 0.25) is 0 Å². The Kier molecular flexibility index (Phi) is 3.31. The molecule has 1 aliphatic carbocycles. The summed E-state index contributed by atoms with van der Waals surface area (Å²) in [7, 11) is 0. The smallest absolute Gasteiger partial charge is 0.142 e. The summed E-state index contributed by atoms with van der Waals surface area (Å²) in [5, 5.41) is 0. The lowest BCUT2D eigenvalue weighted by Crippen LogP contribution is -2.29. The van der Waals surface area contributed by atoms with Crippen molar-refractivity contribution in [3.8, 4) is 0 Å². The first-order valence-corrected chi connectivity index (χ1v) is 8.33. The second-order valence-corrected chi connectivity index (χ2v) is 6.81. The number of fused-ring (bicyclic) bond motifs is 1. The van der Waals surface area contributed by atoms with Gasteiger partial charge in [-0.2, -0.15) is 0 Å². The molecule has 1 nitrogen and oxygen atoms in total. The van der Waals surface area contributed by atoms with Crippen molar-refractivity contribution in [3.63, 3.8) is 0 Å². The highest BCUT2D eigenvalue weighted by molar-refractivity contribution is 5.17. The second-order valence-electron chi connectivity index (χ2n) is 6.81. The van der Waals surface area contributed by atoms with Crippen LogP contribution in [-0.4, -0.2) is 16.6 Å². The third-order valence-corrected chi connectivity index (χ3v) is 5.56. The molecule has 2 aromatic rings. The molecule has 0 amide bonds. The number of hydrogen-bond donors (Lipinski definition) is 0. The summed E-state index contributed by atoms with van der Waals surface area (Å²) in [6.45, 7) is 2.43. The summed E-state index contributed by atoms with van der Waals surface area (Å²) in [6, 6.07) is 24.0. The highest BCUT2D eigenvalue weighted by Gasteiger charge is 2.65. The summed E-state index contributed by atoms with van der Waals surface area (Å²) < 4.78 is 1.31. The fraction of sp³-hybridized carbons (Fsp3) is 0.400. The maximum atomic E-state index is 2.30. The minimum Gasteiger partial charge on any atom is -0.301 e. The van der Waals surface area contributed by atoms with Gasteiger partial charge in [0.05, 0.1) is 0 Å². The van der Waals surface area contributed by atoms with Crippen molar-refractivity contribution < 1.29 is 4.48 Å². The first-order chi connectivity index (χ1) is 10.4. The average Bonchev–Trinajstić information content (AvgIpc) is 3.16. The summed E-state index contributed by atoms with van der Waals surface area (Å²) in [6.07, 6.45) is 5.74. The Morgan fingerprint density at radius 2 is 1.10 bits per heavy atom. The predicted octanol–water partition coefficient (Wildman–Crippen LogP) is 4.53. The van der Waals surface area contributed by atoms with E-state index < -0.39 is 0 Å². The molecule has 2 fully saturated rings. The van der Waals surface area contributed by atoms with Gasteiger partial charge in [-0.25, -0.2) is 0 Å². The van der Waals surface area contributed by atoms with Crippen molar-refractivity contribution in [2.75, 3.05) is 0 Å². The number of rotatable bonds is 4. The van der Waals surface area contributed by atoms with Crippen LogP contribution in [0.4, 0.5) is 0 Å². The topological polar surface area (TPSA) is 0 Å². The monoisotopic (exact) mass is 278 g/mol. The fourth-order valence-electron chi connectivity index (χ4n) is 4.57. The Bertz CT molecular complexity index is 534. The molecule has 1 saturated carbocycles. The van der Waals surface area contributed by atoms with Crippen LogP contribution in [0.1, 0.15) is 36.8 Å². The van der Waals surface area contributed by atoms with Crippen molar-refractivity contribution in [2.45, 2.75) is 50.9 Å². The zero-order valence-corrected chi connectivity index (χ0v) is 12.6. The van der Waals surface area contributed by atoms with E-state index in [2.05, 4.69) is 60.7 Å². The lowest BCUT2D eigenvalue weighted by Gasteiger charge is -2.22. The summed E-state index contributed by atoms with van der Waals surface area (Å²) in [5.74, 6) is 0. The highest BCUT2D eigenvalue weighted by atomic mass is 15.5. The molecular weight excluding hydrogens is 254 g/mol. The molecule has 2 atom stereocenters. The van der Waals surface area contributed by atoms with Gasteiger partial charge in [0.15, 0.2) is 0 Å². The van der Waals surface area contributed by atoms with Crippen LogP contribution in [0.3, 0.4) is 0 Å². The van der Waals surface area contributed by atoms with Gasteiger partial charge >= 0.3 is 0 Å². The average molecular weight is 278 g/mol. The van der Waals surface area contributed by atoms with E-state index >= 15 is 0 Å². The lowest BCUT2D eigenvalue weighted by atomic mass is 10.0. The van der Waals surface area contributed by atoms with E-state index in [1.807, 2.05) is 0 Å². The molecule has 1 heteroatoms. The maximum Gasteiger partial charge on any atom is 0.142 e. The van der Waals surface area contributed by atoms with Gasteiger partial charge in [0, 0.05) is 24.0 Å². The van der Waals surface area contributed by atoms with Crippen LogP contribution in [0, 0.1) is 0 Å². The van der Waals surface area contributed by atoms with E-state index in [9.17, 15) is 0 Å². The molecule has 0 N–H and O–H groups in total. The van der Waals surface area contributed by atoms with Gasteiger partial charge in [-0.1, -0.05) is 60.7 Å². The number of benzene rings is 2.